The van der Waals surface area contributed by atoms with E-state index in [0.717, 1.165) is 22.6 Å². The number of carbonyl (C=O) groups is 1. The van der Waals surface area contributed by atoms with Crippen molar-refractivity contribution in [3.63, 3.8) is 0 Å². The molecule has 6 nitrogen and oxygen atoms in total. The van der Waals surface area contributed by atoms with Crippen LogP contribution < -0.4 is 15.5 Å². The van der Waals surface area contributed by atoms with Crippen molar-refractivity contribution >= 4 is 34.6 Å². The van der Waals surface area contributed by atoms with Gasteiger partial charge in [-0.25, -0.2) is 0 Å². The van der Waals surface area contributed by atoms with Crippen molar-refractivity contribution in [3.05, 3.63) is 77.9 Å². The Labute approximate surface area is 219 Å². The van der Waals surface area contributed by atoms with Gasteiger partial charge in [0.2, 0.25) is 5.91 Å². The van der Waals surface area contributed by atoms with Gasteiger partial charge in [-0.3, -0.25) is 9.78 Å². The average Bonchev–Trinajstić information content (AvgIpc) is 3.51. The normalized spacial score (nSPS) is 20.6. The molecular weight excluding hydrogens is 466 g/mol. The summed E-state index contributed by atoms with van der Waals surface area (Å²) in [7, 11) is 0. The number of nitrogens with zero attached hydrogens (tertiary/aromatic N) is 3. The van der Waals surface area contributed by atoms with E-state index >= 15 is 0 Å². The second-order valence-electron chi connectivity index (χ2n) is 10.3. The van der Waals surface area contributed by atoms with Crippen molar-refractivity contribution in [2.45, 2.75) is 71.0 Å². The lowest BCUT2D eigenvalue weighted by atomic mass is 9.95. The van der Waals surface area contributed by atoms with E-state index in [1.54, 1.807) is 0 Å². The molecule has 2 aromatic heterocycles. The zero-order valence-electron chi connectivity index (χ0n) is 21.3. The molecule has 2 fully saturated rings. The second-order valence-corrected chi connectivity index (χ2v) is 10.7. The van der Waals surface area contributed by atoms with E-state index in [9.17, 15) is 4.79 Å². The zero-order valence-corrected chi connectivity index (χ0v) is 22.1. The molecule has 1 aromatic carbocycles. The summed E-state index contributed by atoms with van der Waals surface area (Å²) in [5.74, 6) is -0.0579. The van der Waals surface area contributed by atoms with Gasteiger partial charge in [0, 0.05) is 41.9 Å². The molecule has 1 aliphatic heterocycles. The maximum Gasteiger partial charge on any atom is 0.226 e. The van der Waals surface area contributed by atoms with Crippen molar-refractivity contribution < 1.29 is 4.79 Å². The van der Waals surface area contributed by atoms with Crippen LogP contribution in [-0.2, 0) is 4.79 Å². The number of aryl methyl sites for hydroxylation is 1. The van der Waals surface area contributed by atoms with E-state index in [0.29, 0.717) is 11.2 Å². The van der Waals surface area contributed by atoms with Gasteiger partial charge in [0.05, 0.1) is 17.8 Å². The van der Waals surface area contributed by atoms with Crippen LogP contribution in [0.4, 0.5) is 11.4 Å². The third kappa shape index (κ3) is 4.89. The topological polar surface area (TPSA) is 62.2 Å². The molecule has 36 heavy (non-hydrogen) atoms. The number of pyridine rings is 1. The van der Waals surface area contributed by atoms with Gasteiger partial charge < -0.3 is 20.1 Å². The summed E-state index contributed by atoms with van der Waals surface area (Å²) in [6.45, 7) is 5.82. The van der Waals surface area contributed by atoms with E-state index in [1.165, 1.54) is 37.7 Å². The smallest absolute Gasteiger partial charge is 0.226 e. The predicted octanol–water partition coefficient (Wildman–Crippen LogP) is 6.47. The van der Waals surface area contributed by atoms with Gasteiger partial charge in [-0.2, -0.15) is 0 Å². The molecule has 1 aliphatic carbocycles. The van der Waals surface area contributed by atoms with E-state index in [4.69, 9.17) is 12.2 Å². The highest BCUT2D eigenvalue weighted by Crippen LogP contribution is 2.43. The second kappa shape index (κ2) is 10.4. The highest BCUT2D eigenvalue weighted by molar-refractivity contribution is 7.80. The molecule has 188 valence electrons. The van der Waals surface area contributed by atoms with E-state index in [2.05, 4.69) is 55.7 Å². The number of amides is 1. The summed E-state index contributed by atoms with van der Waals surface area (Å²) in [5, 5.41) is 7.27. The molecule has 0 radical (unpaired) electrons. The Morgan fingerprint density at radius 2 is 1.94 bits per heavy atom. The fourth-order valence-corrected chi connectivity index (χ4v) is 5.74. The lowest BCUT2D eigenvalue weighted by Crippen LogP contribution is -2.29. The Kier molecular flexibility index (Phi) is 7.10. The average molecular weight is 502 g/mol. The molecule has 0 unspecified atom stereocenters. The molecule has 5 rings (SSSR count). The Bertz CT molecular complexity index is 1230. The first-order chi connectivity index (χ1) is 17.4. The molecule has 3 heterocycles. The number of anilines is 2. The lowest BCUT2D eigenvalue weighted by molar-refractivity contribution is -0.118. The van der Waals surface area contributed by atoms with Crippen LogP contribution in [0.25, 0.3) is 0 Å². The Hall–Kier alpha value is -3.19. The van der Waals surface area contributed by atoms with E-state index in [-0.39, 0.29) is 23.9 Å². The minimum absolute atomic E-state index is 0.0151. The third-order valence-electron chi connectivity index (χ3n) is 7.44. The van der Waals surface area contributed by atoms with Gasteiger partial charge in [-0.1, -0.05) is 39.2 Å². The van der Waals surface area contributed by atoms with Crippen LogP contribution in [0.1, 0.15) is 80.9 Å². The van der Waals surface area contributed by atoms with Crippen LogP contribution in [0.5, 0.6) is 0 Å². The number of hydrogen-bond donors (Lipinski definition) is 2. The summed E-state index contributed by atoms with van der Waals surface area (Å²) in [6, 6.07) is 14.9. The van der Waals surface area contributed by atoms with Gasteiger partial charge in [-0.05, 0) is 79.5 Å². The number of carbonyl (C=O) groups excluding carboxylic acids is 1. The van der Waals surface area contributed by atoms with Crippen LogP contribution >= 0.6 is 12.2 Å². The number of benzene rings is 1. The maximum atomic E-state index is 12.3. The zero-order chi connectivity index (χ0) is 25.2. The van der Waals surface area contributed by atoms with Gasteiger partial charge >= 0.3 is 0 Å². The first-order valence-corrected chi connectivity index (χ1v) is 13.4. The van der Waals surface area contributed by atoms with Crippen molar-refractivity contribution in [3.8, 4) is 0 Å². The molecule has 3 aromatic rings. The maximum absolute atomic E-state index is 12.3. The highest BCUT2D eigenvalue weighted by Gasteiger charge is 2.41. The predicted molar refractivity (Wildman–Crippen MR) is 149 cm³/mol. The molecule has 0 spiro atoms. The molecule has 7 heteroatoms. The third-order valence-corrected chi connectivity index (χ3v) is 7.76. The minimum Gasteiger partial charge on any atom is -0.351 e. The first kappa shape index (κ1) is 24.5. The number of rotatable bonds is 6. The molecule has 2 aliphatic rings. The number of nitrogens with one attached hydrogen (secondary N) is 2. The van der Waals surface area contributed by atoms with Crippen LogP contribution in [0, 0.1) is 12.8 Å². The lowest BCUT2D eigenvalue weighted by Gasteiger charge is -2.28. The van der Waals surface area contributed by atoms with Crippen molar-refractivity contribution in [2.24, 2.45) is 5.92 Å². The summed E-state index contributed by atoms with van der Waals surface area (Å²) >= 11 is 5.90. The first-order valence-electron chi connectivity index (χ1n) is 13.0. The van der Waals surface area contributed by atoms with Crippen LogP contribution in [0.2, 0.25) is 0 Å². The van der Waals surface area contributed by atoms with E-state index < -0.39 is 0 Å². The highest BCUT2D eigenvalue weighted by atomic mass is 32.1. The molecule has 0 bridgehead atoms. The van der Waals surface area contributed by atoms with Crippen LogP contribution in [-0.4, -0.2) is 20.6 Å². The number of thiocarbonyl (C=S) groups is 1. The molecule has 2 atom stereocenters. The SMILES string of the molecule is Cc1cc(N2C(=S)N[C@@H](c3ccccn3)[C@H]2c2ccn(C3CCCCC3)c2)ccc1NC(=O)C(C)C. The van der Waals surface area contributed by atoms with Gasteiger partial charge in [-0.15, -0.1) is 0 Å². The summed E-state index contributed by atoms with van der Waals surface area (Å²) < 4.78 is 2.40. The Balaban J connectivity index is 1.51. The van der Waals surface area contributed by atoms with E-state index in [1.807, 2.05) is 51.2 Å². The summed E-state index contributed by atoms with van der Waals surface area (Å²) in [5.41, 5.74) is 5.02. The van der Waals surface area contributed by atoms with Gasteiger partial charge in [0.1, 0.15) is 0 Å². The number of aromatic nitrogens is 2. The number of hydrogen-bond acceptors (Lipinski definition) is 3. The molecule has 1 amide bonds. The van der Waals surface area contributed by atoms with Gasteiger partial charge in [0.25, 0.3) is 0 Å². The quantitative estimate of drug-likeness (QED) is 0.379. The summed E-state index contributed by atoms with van der Waals surface area (Å²) in [6.07, 6.45) is 12.8. The van der Waals surface area contributed by atoms with Crippen molar-refractivity contribution in [1.82, 2.24) is 14.9 Å². The minimum atomic E-state index is -0.0730. The largest absolute Gasteiger partial charge is 0.351 e. The standard InChI is InChI=1S/C29H35N5OS/c1-19(2)28(35)31-24-13-12-23(17-20(24)3)34-27(26(32-29(34)36)25-11-7-8-15-30-25)21-14-16-33(18-21)22-9-5-4-6-10-22/h7-8,11-19,22,26-27H,4-6,9-10H2,1-3H3,(H,31,35)(H,32,36)/t26-,27+/m0/s1. The van der Waals surface area contributed by atoms with Crippen molar-refractivity contribution in [2.75, 3.05) is 10.2 Å². The van der Waals surface area contributed by atoms with Crippen LogP contribution in [0.15, 0.2) is 61.1 Å². The summed E-state index contributed by atoms with van der Waals surface area (Å²) in [4.78, 5) is 19.1. The molecule has 1 saturated carbocycles. The van der Waals surface area contributed by atoms with Crippen molar-refractivity contribution in [1.29, 1.82) is 0 Å². The fraction of sp³-hybridized carbons (Fsp3) is 0.414. The molecular formula is C29H35N5OS. The monoisotopic (exact) mass is 501 g/mol. The Morgan fingerprint density at radius 1 is 1.14 bits per heavy atom. The molecule has 1 saturated heterocycles. The Morgan fingerprint density at radius 3 is 2.64 bits per heavy atom. The molecule has 2 N–H and O–H groups in total. The fourth-order valence-electron chi connectivity index (χ4n) is 5.40. The van der Waals surface area contributed by atoms with Crippen LogP contribution in [0.3, 0.4) is 0 Å². The van der Waals surface area contributed by atoms with Gasteiger partial charge in [0.15, 0.2) is 5.11 Å².